The first-order valence-electron chi connectivity index (χ1n) is 11.1. The first-order chi connectivity index (χ1) is 17.2. The van der Waals surface area contributed by atoms with Gasteiger partial charge in [0.05, 0.1) is 10.6 Å². The summed E-state index contributed by atoms with van der Waals surface area (Å²) in [5, 5.41) is 8.75. The molecule has 1 fully saturated rings. The number of carbonyl (C=O) groups excluding carboxylic acids is 2. The molecule has 2 heterocycles. The summed E-state index contributed by atoms with van der Waals surface area (Å²) in [7, 11) is 0. The predicted molar refractivity (Wildman–Crippen MR) is 131 cm³/mol. The summed E-state index contributed by atoms with van der Waals surface area (Å²) in [6, 6.07) is 14.3. The molecule has 36 heavy (non-hydrogen) atoms. The highest BCUT2D eigenvalue weighted by atomic mass is 35.5. The molecular weight excluding hydrogens is 495 g/mol. The molecule has 3 N–H and O–H groups in total. The molecule has 11 heteroatoms. The summed E-state index contributed by atoms with van der Waals surface area (Å²) < 4.78 is 38.2. The molecule has 7 nitrogen and oxygen atoms in total. The van der Waals surface area contributed by atoms with Crippen LogP contribution in [0.5, 0.6) is 0 Å². The molecule has 0 aliphatic carbocycles. The monoisotopic (exact) mass is 517 g/mol. The number of carbonyl (C=O) groups is 2. The van der Waals surface area contributed by atoms with Gasteiger partial charge in [0.1, 0.15) is 5.82 Å². The summed E-state index contributed by atoms with van der Waals surface area (Å²) in [4.78, 5) is 31.1. The lowest BCUT2D eigenvalue weighted by molar-refractivity contribution is -0.137. The van der Waals surface area contributed by atoms with Gasteiger partial charge < -0.3 is 16.0 Å². The van der Waals surface area contributed by atoms with Crippen molar-refractivity contribution in [2.24, 2.45) is 0 Å². The number of alkyl halides is 3. The van der Waals surface area contributed by atoms with E-state index in [-0.39, 0.29) is 11.9 Å². The molecule has 1 unspecified atom stereocenters. The maximum Gasteiger partial charge on any atom is 0.416 e. The van der Waals surface area contributed by atoms with Crippen molar-refractivity contribution in [1.82, 2.24) is 15.2 Å². The quantitative estimate of drug-likeness (QED) is 0.408. The first kappa shape index (κ1) is 25.5. The van der Waals surface area contributed by atoms with E-state index < -0.39 is 17.8 Å². The van der Waals surface area contributed by atoms with Crippen LogP contribution >= 0.6 is 11.6 Å². The molecule has 0 spiro atoms. The third-order valence-electron chi connectivity index (χ3n) is 5.65. The van der Waals surface area contributed by atoms with Gasteiger partial charge in [-0.15, -0.1) is 0 Å². The van der Waals surface area contributed by atoms with Crippen LogP contribution in [-0.2, 0) is 12.7 Å². The summed E-state index contributed by atoms with van der Waals surface area (Å²) in [6.45, 7) is 1.78. The van der Waals surface area contributed by atoms with Crippen LogP contribution in [0.3, 0.4) is 0 Å². The Kier molecular flexibility index (Phi) is 7.76. The van der Waals surface area contributed by atoms with E-state index in [0.717, 1.165) is 17.7 Å². The average Bonchev–Trinajstić information content (AvgIpc) is 3.26. The molecule has 1 aliphatic rings. The number of urea groups is 1. The molecule has 3 aromatic rings. The number of nitrogens with one attached hydrogen (secondary N) is 3. The van der Waals surface area contributed by atoms with Crippen LogP contribution in [0.25, 0.3) is 0 Å². The summed E-state index contributed by atoms with van der Waals surface area (Å²) in [5.41, 5.74) is 0.890. The fraction of sp³-hybridized carbons (Fsp3) is 0.240. The summed E-state index contributed by atoms with van der Waals surface area (Å²) in [6.07, 6.45) is -2.22. The minimum Gasteiger partial charge on any atom is -0.334 e. The molecule has 0 saturated carbocycles. The normalized spacial score (nSPS) is 15.9. The predicted octanol–water partition coefficient (Wildman–Crippen LogP) is 5.40. The molecule has 4 rings (SSSR count). The number of hydrogen-bond acceptors (Lipinski definition) is 4. The van der Waals surface area contributed by atoms with Crippen molar-refractivity contribution in [3.8, 4) is 0 Å². The van der Waals surface area contributed by atoms with Crippen LogP contribution in [0.1, 0.15) is 27.9 Å². The topological polar surface area (TPSA) is 86.4 Å². The van der Waals surface area contributed by atoms with Gasteiger partial charge in [-0.25, -0.2) is 9.78 Å². The first-order valence-corrected chi connectivity index (χ1v) is 11.5. The van der Waals surface area contributed by atoms with E-state index in [0.29, 0.717) is 48.1 Å². The van der Waals surface area contributed by atoms with Crippen LogP contribution < -0.4 is 16.0 Å². The Morgan fingerprint density at radius 3 is 2.53 bits per heavy atom. The number of hydrogen-bond donors (Lipinski definition) is 3. The molecule has 188 valence electrons. The number of pyridine rings is 1. The number of anilines is 2. The van der Waals surface area contributed by atoms with E-state index in [1.807, 2.05) is 0 Å². The Balaban J connectivity index is 1.26. The second kappa shape index (κ2) is 11.0. The Morgan fingerprint density at radius 1 is 1.06 bits per heavy atom. The van der Waals surface area contributed by atoms with Crippen LogP contribution in [0.4, 0.5) is 29.5 Å². The van der Waals surface area contributed by atoms with Gasteiger partial charge in [0.2, 0.25) is 0 Å². The smallest absolute Gasteiger partial charge is 0.334 e. The highest BCUT2D eigenvalue weighted by molar-refractivity contribution is 6.30. The van der Waals surface area contributed by atoms with Crippen molar-refractivity contribution < 1.29 is 22.8 Å². The van der Waals surface area contributed by atoms with Crippen molar-refractivity contribution in [3.05, 3.63) is 88.6 Å². The zero-order chi connectivity index (χ0) is 25.7. The average molecular weight is 518 g/mol. The highest BCUT2D eigenvalue weighted by Crippen LogP contribution is 2.29. The number of halogens is 4. The van der Waals surface area contributed by atoms with E-state index in [1.54, 1.807) is 36.4 Å². The van der Waals surface area contributed by atoms with Gasteiger partial charge in [-0.05, 0) is 54.4 Å². The molecule has 1 aliphatic heterocycles. The van der Waals surface area contributed by atoms with Crippen LogP contribution in [0.15, 0.2) is 66.9 Å². The standard InChI is InChI=1S/C25H23ClF3N5O2/c26-19-8-9-22(30-13-19)33-23(35)17-2-1-3-20(12-17)31-24(36)32-21-10-11-34(15-21)14-16-4-6-18(7-5-16)25(27,28)29/h1-9,12-13,21H,10-11,14-15H2,(H,30,33,35)(H2,31,32,36). The molecule has 1 atom stereocenters. The molecular formula is C25H23ClF3N5O2. The number of aromatic nitrogens is 1. The second-order valence-electron chi connectivity index (χ2n) is 8.41. The number of amides is 3. The molecule has 0 bridgehead atoms. The fourth-order valence-corrected chi connectivity index (χ4v) is 3.99. The lowest BCUT2D eigenvalue weighted by atomic mass is 10.1. The van der Waals surface area contributed by atoms with E-state index in [2.05, 4.69) is 25.8 Å². The van der Waals surface area contributed by atoms with Gasteiger partial charge in [-0.1, -0.05) is 29.8 Å². The van der Waals surface area contributed by atoms with Gasteiger partial charge in [-0.3, -0.25) is 9.69 Å². The van der Waals surface area contributed by atoms with Crippen molar-refractivity contribution >= 4 is 35.0 Å². The Bertz CT molecular complexity index is 1220. The highest BCUT2D eigenvalue weighted by Gasteiger charge is 2.30. The Labute approximate surface area is 210 Å². The van der Waals surface area contributed by atoms with Crippen molar-refractivity contribution in [2.45, 2.75) is 25.2 Å². The molecule has 3 amide bonds. The van der Waals surface area contributed by atoms with E-state index in [9.17, 15) is 22.8 Å². The van der Waals surface area contributed by atoms with E-state index in [4.69, 9.17) is 11.6 Å². The van der Waals surface area contributed by atoms with Gasteiger partial charge in [0.25, 0.3) is 5.91 Å². The van der Waals surface area contributed by atoms with Crippen LogP contribution in [0, 0.1) is 0 Å². The molecule has 1 aromatic heterocycles. The van der Waals surface area contributed by atoms with Gasteiger partial charge in [-0.2, -0.15) is 13.2 Å². The number of likely N-dealkylation sites (tertiary alicyclic amines) is 1. The molecule has 2 aromatic carbocycles. The zero-order valence-electron chi connectivity index (χ0n) is 19.0. The fourth-order valence-electron chi connectivity index (χ4n) is 3.88. The van der Waals surface area contributed by atoms with Gasteiger partial charge >= 0.3 is 12.2 Å². The maximum absolute atomic E-state index is 12.7. The summed E-state index contributed by atoms with van der Waals surface area (Å²) >= 11 is 5.80. The van der Waals surface area contributed by atoms with Gasteiger partial charge in [0, 0.05) is 43.1 Å². The van der Waals surface area contributed by atoms with Crippen LogP contribution in [0.2, 0.25) is 5.02 Å². The maximum atomic E-state index is 12.7. The third-order valence-corrected chi connectivity index (χ3v) is 5.87. The Morgan fingerprint density at radius 2 is 1.83 bits per heavy atom. The SMILES string of the molecule is O=C(Nc1cccc(C(=O)Nc2ccc(Cl)cn2)c1)NC1CCN(Cc2ccc(C(F)(F)F)cc2)C1. The third kappa shape index (κ3) is 6.96. The minimum absolute atomic E-state index is 0.109. The number of nitrogens with zero attached hydrogens (tertiary/aromatic N) is 2. The molecule has 1 saturated heterocycles. The zero-order valence-corrected chi connectivity index (χ0v) is 19.7. The van der Waals surface area contributed by atoms with E-state index >= 15 is 0 Å². The number of benzene rings is 2. The lowest BCUT2D eigenvalue weighted by Gasteiger charge is -2.17. The van der Waals surface area contributed by atoms with Crippen molar-refractivity contribution in [3.63, 3.8) is 0 Å². The Hall–Kier alpha value is -3.63. The van der Waals surface area contributed by atoms with Crippen LogP contribution in [-0.4, -0.2) is 41.0 Å². The number of rotatable bonds is 6. The molecule has 0 radical (unpaired) electrons. The lowest BCUT2D eigenvalue weighted by Crippen LogP contribution is -2.39. The second-order valence-corrected chi connectivity index (χ2v) is 8.85. The van der Waals surface area contributed by atoms with E-state index in [1.165, 1.54) is 18.3 Å². The minimum atomic E-state index is -4.36. The summed E-state index contributed by atoms with van der Waals surface area (Å²) in [5.74, 6) is -0.0360. The van der Waals surface area contributed by atoms with Crippen molar-refractivity contribution in [1.29, 1.82) is 0 Å². The van der Waals surface area contributed by atoms with Crippen molar-refractivity contribution in [2.75, 3.05) is 23.7 Å². The largest absolute Gasteiger partial charge is 0.416 e. The van der Waals surface area contributed by atoms with Gasteiger partial charge in [0.15, 0.2) is 0 Å².